The van der Waals surface area contributed by atoms with Gasteiger partial charge in [-0.25, -0.2) is 0 Å². The maximum absolute atomic E-state index is 12.1. The fourth-order valence-corrected chi connectivity index (χ4v) is 2.42. The third kappa shape index (κ3) is 2.95. The van der Waals surface area contributed by atoms with Crippen molar-refractivity contribution in [3.8, 4) is 0 Å². The molecule has 1 aromatic rings. The van der Waals surface area contributed by atoms with E-state index in [0.717, 1.165) is 4.90 Å². The minimum atomic E-state index is -0.328. The number of nitrogens with two attached hydrogens (primary N) is 1. The normalized spacial score (nSPS) is 13.5. The van der Waals surface area contributed by atoms with E-state index in [4.69, 9.17) is 5.73 Å². The molecule has 0 bridgehead atoms. The molecule has 0 aliphatic carbocycles. The smallest absolute Gasteiger partial charge is 0.261 e. The number of carbonyl (C=O) groups is 3. The van der Waals surface area contributed by atoms with Crippen molar-refractivity contribution in [2.45, 2.75) is 13.3 Å². The number of benzene rings is 1. The Bertz CT molecular complexity index is 536. The third-order valence-corrected chi connectivity index (χ3v) is 3.56. The van der Waals surface area contributed by atoms with E-state index in [0.29, 0.717) is 30.8 Å². The van der Waals surface area contributed by atoms with E-state index in [1.165, 1.54) is 0 Å². The molecule has 1 aliphatic heterocycles. The first-order valence-corrected chi connectivity index (χ1v) is 7.03. The number of imide groups is 1. The minimum Gasteiger partial charge on any atom is -0.342 e. The van der Waals surface area contributed by atoms with Crippen LogP contribution in [0.3, 0.4) is 0 Å². The SMILES string of the molecule is CCN(CCN)C(=O)CCN1C(=O)c2ccccc2C1=O. The van der Waals surface area contributed by atoms with E-state index in [2.05, 4.69) is 0 Å². The fourth-order valence-electron chi connectivity index (χ4n) is 2.42. The van der Waals surface area contributed by atoms with Crippen molar-refractivity contribution in [3.63, 3.8) is 0 Å². The lowest BCUT2D eigenvalue weighted by atomic mass is 10.1. The van der Waals surface area contributed by atoms with Crippen molar-refractivity contribution in [2.24, 2.45) is 5.73 Å². The Morgan fingerprint density at radius 1 is 1.19 bits per heavy atom. The number of hydrogen-bond acceptors (Lipinski definition) is 4. The average molecular weight is 289 g/mol. The van der Waals surface area contributed by atoms with Gasteiger partial charge in [0.25, 0.3) is 11.8 Å². The Hall–Kier alpha value is -2.21. The lowest BCUT2D eigenvalue weighted by Crippen LogP contribution is -2.38. The zero-order valence-electron chi connectivity index (χ0n) is 12.0. The Morgan fingerprint density at radius 2 is 1.76 bits per heavy atom. The second-order valence-corrected chi connectivity index (χ2v) is 4.82. The molecule has 0 unspecified atom stereocenters. The molecule has 3 amide bonds. The molecule has 1 aliphatic rings. The summed E-state index contributed by atoms with van der Waals surface area (Å²) in [7, 11) is 0. The van der Waals surface area contributed by atoms with Crippen LogP contribution in [-0.4, -0.2) is 53.7 Å². The maximum atomic E-state index is 12.1. The van der Waals surface area contributed by atoms with Gasteiger partial charge in [-0.3, -0.25) is 19.3 Å². The number of rotatable bonds is 6. The number of hydrogen-bond donors (Lipinski definition) is 1. The predicted molar refractivity (Wildman–Crippen MR) is 77.7 cm³/mol. The maximum Gasteiger partial charge on any atom is 0.261 e. The highest BCUT2D eigenvalue weighted by atomic mass is 16.2. The molecule has 0 spiro atoms. The molecule has 0 saturated carbocycles. The van der Waals surface area contributed by atoms with Crippen molar-refractivity contribution < 1.29 is 14.4 Å². The van der Waals surface area contributed by atoms with Gasteiger partial charge in [0.05, 0.1) is 11.1 Å². The Morgan fingerprint density at radius 3 is 2.24 bits per heavy atom. The molecule has 0 radical (unpaired) electrons. The molecule has 0 fully saturated rings. The van der Waals surface area contributed by atoms with Crippen LogP contribution in [0.1, 0.15) is 34.1 Å². The second-order valence-electron chi connectivity index (χ2n) is 4.82. The monoisotopic (exact) mass is 289 g/mol. The summed E-state index contributed by atoms with van der Waals surface area (Å²) in [5.74, 6) is -0.755. The third-order valence-electron chi connectivity index (χ3n) is 3.56. The van der Waals surface area contributed by atoms with Gasteiger partial charge in [0.15, 0.2) is 0 Å². The first kappa shape index (κ1) is 15.2. The van der Waals surface area contributed by atoms with Crippen LogP contribution < -0.4 is 5.73 Å². The van der Waals surface area contributed by atoms with Gasteiger partial charge in [-0.15, -0.1) is 0 Å². The molecular weight excluding hydrogens is 270 g/mol. The Balaban J connectivity index is 2.01. The number of likely N-dealkylation sites (N-methyl/N-ethyl adjacent to an activating group) is 1. The molecule has 2 N–H and O–H groups in total. The van der Waals surface area contributed by atoms with Crippen LogP contribution >= 0.6 is 0 Å². The first-order valence-electron chi connectivity index (χ1n) is 7.03. The van der Waals surface area contributed by atoms with Crippen LogP contribution in [-0.2, 0) is 4.79 Å². The molecule has 1 heterocycles. The van der Waals surface area contributed by atoms with Crippen molar-refractivity contribution in [3.05, 3.63) is 35.4 Å². The summed E-state index contributed by atoms with van der Waals surface area (Å²) in [6.45, 7) is 3.42. The molecule has 6 heteroatoms. The summed E-state index contributed by atoms with van der Waals surface area (Å²) in [6.07, 6.45) is 0.124. The molecule has 0 atom stereocenters. The number of amides is 3. The molecular formula is C15H19N3O3. The molecule has 6 nitrogen and oxygen atoms in total. The molecule has 2 rings (SSSR count). The molecule has 112 valence electrons. The van der Waals surface area contributed by atoms with Crippen LogP contribution in [0.4, 0.5) is 0 Å². The topological polar surface area (TPSA) is 83.7 Å². The van der Waals surface area contributed by atoms with E-state index < -0.39 is 0 Å². The molecule has 1 aromatic carbocycles. The van der Waals surface area contributed by atoms with Gasteiger partial charge in [-0.1, -0.05) is 12.1 Å². The van der Waals surface area contributed by atoms with Crippen LogP contribution in [0.5, 0.6) is 0 Å². The Labute approximate surface area is 123 Å². The van der Waals surface area contributed by atoms with Crippen molar-refractivity contribution >= 4 is 17.7 Å². The highest BCUT2D eigenvalue weighted by Crippen LogP contribution is 2.22. The van der Waals surface area contributed by atoms with Crippen LogP contribution in [0.25, 0.3) is 0 Å². The zero-order chi connectivity index (χ0) is 15.4. The van der Waals surface area contributed by atoms with Crippen molar-refractivity contribution in [1.82, 2.24) is 9.80 Å². The largest absolute Gasteiger partial charge is 0.342 e. The fraction of sp³-hybridized carbons (Fsp3) is 0.400. The summed E-state index contributed by atoms with van der Waals surface area (Å²) in [4.78, 5) is 39.1. The van der Waals surface area contributed by atoms with Crippen molar-refractivity contribution in [1.29, 1.82) is 0 Å². The highest BCUT2D eigenvalue weighted by Gasteiger charge is 2.35. The summed E-state index contributed by atoms with van der Waals surface area (Å²) < 4.78 is 0. The van der Waals surface area contributed by atoms with E-state index in [-0.39, 0.29) is 30.7 Å². The minimum absolute atomic E-state index is 0.0977. The quantitative estimate of drug-likeness (QED) is 0.772. The van der Waals surface area contributed by atoms with Gasteiger partial charge in [0, 0.05) is 32.6 Å². The van der Waals surface area contributed by atoms with E-state index in [1.54, 1.807) is 29.2 Å². The standard InChI is InChI=1S/C15H19N3O3/c1-2-17(10-8-16)13(19)7-9-18-14(20)11-5-3-4-6-12(11)15(18)21/h3-6H,2,7-10,16H2,1H3. The summed E-state index contributed by atoms with van der Waals surface area (Å²) in [6, 6.07) is 6.70. The van der Waals surface area contributed by atoms with Gasteiger partial charge in [0.1, 0.15) is 0 Å². The van der Waals surface area contributed by atoms with Crippen LogP contribution in [0.2, 0.25) is 0 Å². The summed E-state index contributed by atoms with van der Waals surface area (Å²) in [5, 5.41) is 0. The summed E-state index contributed by atoms with van der Waals surface area (Å²) in [5.41, 5.74) is 6.26. The van der Waals surface area contributed by atoms with Crippen LogP contribution in [0.15, 0.2) is 24.3 Å². The molecule has 0 aromatic heterocycles. The van der Waals surface area contributed by atoms with Gasteiger partial charge in [-0.05, 0) is 19.1 Å². The van der Waals surface area contributed by atoms with E-state index in [9.17, 15) is 14.4 Å². The zero-order valence-corrected chi connectivity index (χ0v) is 12.0. The van der Waals surface area contributed by atoms with E-state index in [1.807, 2.05) is 6.92 Å². The summed E-state index contributed by atoms with van der Waals surface area (Å²) >= 11 is 0. The Kier molecular flexibility index (Phi) is 4.70. The second kappa shape index (κ2) is 6.49. The average Bonchev–Trinajstić information content (AvgIpc) is 2.75. The van der Waals surface area contributed by atoms with Gasteiger partial charge in [-0.2, -0.15) is 0 Å². The van der Waals surface area contributed by atoms with Crippen molar-refractivity contribution in [2.75, 3.05) is 26.2 Å². The molecule has 21 heavy (non-hydrogen) atoms. The highest BCUT2D eigenvalue weighted by molar-refractivity contribution is 6.21. The molecule has 0 saturated heterocycles. The van der Waals surface area contributed by atoms with Gasteiger partial charge >= 0.3 is 0 Å². The first-order chi connectivity index (χ1) is 10.1. The lowest BCUT2D eigenvalue weighted by Gasteiger charge is -2.21. The van der Waals surface area contributed by atoms with Crippen LogP contribution in [0, 0.1) is 0 Å². The van der Waals surface area contributed by atoms with E-state index >= 15 is 0 Å². The van der Waals surface area contributed by atoms with Gasteiger partial charge < -0.3 is 10.6 Å². The lowest BCUT2D eigenvalue weighted by molar-refractivity contribution is -0.131. The number of fused-ring (bicyclic) bond motifs is 1. The number of carbonyl (C=O) groups excluding carboxylic acids is 3. The van der Waals surface area contributed by atoms with Gasteiger partial charge in [0.2, 0.25) is 5.91 Å². The number of nitrogens with zero attached hydrogens (tertiary/aromatic N) is 2. The predicted octanol–water partition coefficient (Wildman–Crippen LogP) is 0.480.